The fraction of sp³-hybridized carbons (Fsp3) is 0.476. The normalized spacial score (nSPS) is 18.9. The maximum atomic E-state index is 13.3. The van der Waals surface area contributed by atoms with Crippen LogP contribution in [0.5, 0.6) is 0 Å². The van der Waals surface area contributed by atoms with E-state index in [1.807, 2.05) is 5.38 Å². The molecule has 0 spiro atoms. The van der Waals surface area contributed by atoms with Crippen molar-refractivity contribution in [3.63, 3.8) is 0 Å². The smallest absolute Gasteiger partial charge is 0.282 e. The SMILES string of the molecule is C[C@H]1CCc2c(C(=O)Nn3c(=S)[nH]c4sc5c(c4c3=O)CCCCC5)csc2C1. The Kier molecular flexibility index (Phi) is 4.96. The number of carbonyl (C=O) groups excluding carboxylic acids is 1. The van der Waals surface area contributed by atoms with Crippen LogP contribution in [0.2, 0.25) is 0 Å². The summed E-state index contributed by atoms with van der Waals surface area (Å²) in [6.07, 6.45) is 8.42. The van der Waals surface area contributed by atoms with Gasteiger partial charge in [0, 0.05) is 15.1 Å². The number of hydrogen-bond donors (Lipinski definition) is 2. The molecule has 0 unspecified atom stereocenters. The van der Waals surface area contributed by atoms with Gasteiger partial charge >= 0.3 is 0 Å². The second kappa shape index (κ2) is 7.49. The van der Waals surface area contributed by atoms with Crippen LogP contribution in [0.25, 0.3) is 10.2 Å². The van der Waals surface area contributed by atoms with E-state index in [0.29, 0.717) is 16.9 Å². The zero-order valence-electron chi connectivity index (χ0n) is 16.3. The number of nitrogens with one attached hydrogen (secondary N) is 2. The molecule has 0 saturated carbocycles. The van der Waals surface area contributed by atoms with Crippen molar-refractivity contribution in [2.75, 3.05) is 5.43 Å². The predicted molar refractivity (Wildman–Crippen MR) is 122 cm³/mol. The molecule has 0 aromatic carbocycles. The Bertz CT molecular complexity index is 1230. The molecule has 3 heterocycles. The van der Waals surface area contributed by atoms with Gasteiger partial charge in [0.2, 0.25) is 4.77 Å². The highest BCUT2D eigenvalue weighted by molar-refractivity contribution is 7.71. The number of fused-ring (bicyclic) bond motifs is 4. The second-order valence-electron chi connectivity index (χ2n) is 8.18. The summed E-state index contributed by atoms with van der Waals surface area (Å²) in [6, 6.07) is 0. The van der Waals surface area contributed by atoms with Crippen LogP contribution >= 0.6 is 34.9 Å². The van der Waals surface area contributed by atoms with Crippen molar-refractivity contribution in [1.29, 1.82) is 0 Å². The number of rotatable bonds is 2. The van der Waals surface area contributed by atoms with E-state index in [2.05, 4.69) is 17.3 Å². The molecule has 1 amide bonds. The number of aryl methyl sites for hydroxylation is 2. The summed E-state index contributed by atoms with van der Waals surface area (Å²) in [5, 5.41) is 2.62. The van der Waals surface area contributed by atoms with Crippen molar-refractivity contribution in [2.24, 2.45) is 5.92 Å². The second-order valence-corrected chi connectivity index (χ2v) is 10.6. The van der Waals surface area contributed by atoms with Gasteiger partial charge in [-0.1, -0.05) is 13.3 Å². The van der Waals surface area contributed by atoms with Crippen LogP contribution in [-0.2, 0) is 25.7 Å². The highest BCUT2D eigenvalue weighted by Gasteiger charge is 2.25. The fourth-order valence-electron chi connectivity index (χ4n) is 4.55. The first-order valence-electron chi connectivity index (χ1n) is 10.2. The maximum Gasteiger partial charge on any atom is 0.282 e. The molecule has 8 heteroatoms. The molecule has 29 heavy (non-hydrogen) atoms. The lowest BCUT2D eigenvalue weighted by atomic mass is 9.88. The molecule has 2 aliphatic rings. The average Bonchev–Trinajstić information content (AvgIpc) is 3.18. The van der Waals surface area contributed by atoms with Crippen molar-refractivity contribution in [1.82, 2.24) is 9.66 Å². The van der Waals surface area contributed by atoms with Crippen LogP contribution < -0.4 is 11.0 Å². The van der Waals surface area contributed by atoms with Crippen molar-refractivity contribution in [3.05, 3.63) is 46.9 Å². The van der Waals surface area contributed by atoms with E-state index in [1.165, 1.54) is 20.9 Å². The molecule has 1 atom stereocenters. The monoisotopic (exact) mass is 445 g/mol. The van der Waals surface area contributed by atoms with Gasteiger partial charge in [0.1, 0.15) is 4.83 Å². The Morgan fingerprint density at radius 1 is 1.21 bits per heavy atom. The molecule has 0 radical (unpaired) electrons. The standard InChI is InChI=1S/C21H23N3O2S3/c1-11-7-8-12-14(10-28-16(12)9-11)18(25)23-24-20(26)17-13-5-3-2-4-6-15(13)29-19(17)22-21(24)27/h10-11H,2-9H2,1H3,(H,22,27)(H,23,25)/t11-/m0/s1. The minimum atomic E-state index is -0.251. The van der Waals surface area contributed by atoms with Gasteiger partial charge in [0.15, 0.2) is 0 Å². The molecular formula is C21H23N3O2S3. The molecule has 152 valence electrons. The van der Waals surface area contributed by atoms with Gasteiger partial charge in [0.05, 0.1) is 10.9 Å². The molecule has 2 N–H and O–H groups in total. The van der Waals surface area contributed by atoms with Crippen LogP contribution in [0.4, 0.5) is 0 Å². The maximum absolute atomic E-state index is 13.3. The van der Waals surface area contributed by atoms with E-state index in [1.54, 1.807) is 22.7 Å². The van der Waals surface area contributed by atoms with Crippen LogP contribution in [0.3, 0.4) is 0 Å². The van der Waals surface area contributed by atoms with Gasteiger partial charge in [0.25, 0.3) is 11.5 Å². The summed E-state index contributed by atoms with van der Waals surface area (Å²) in [5.41, 5.74) is 5.54. The van der Waals surface area contributed by atoms with Gasteiger partial charge in [-0.25, -0.2) is 0 Å². The van der Waals surface area contributed by atoms with E-state index in [0.717, 1.165) is 60.9 Å². The predicted octanol–water partition coefficient (Wildman–Crippen LogP) is 4.96. The number of thiophene rings is 2. The quantitative estimate of drug-likeness (QED) is 0.433. The van der Waals surface area contributed by atoms with Gasteiger partial charge in [-0.05, 0) is 74.2 Å². The first-order valence-corrected chi connectivity index (χ1v) is 12.3. The van der Waals surface area contributed by atoms with Gasteiger partial charge in [-0.15, -0.1) is 22.7 Å². The van der Waals surface area contributed by atoms with Crippen LogP contribution in [0, 0.1) is 10.7 Å². The largest absolute Gasteiger partial charge is 0.322 e. The molecule has 5 rings (SSSR count). The van der Waals surface area contributed by atoms with Gasteiger partial charge < -0.3 is 4.98 Å². The number of nitrogens with zero attached hydrogens (tertiary/aromatic N) is 1. The third-order valence-corrected chi connectivity index (χ3v) is 8.66. The van der Waals surface area contributed by atoms with E-state index < -0.39 is 0 Å². The molecule has 3 aromatic rings. The lowest BCUT2D eigenvalue weighted by molar-refractivity contribution is 0.101. The number of aromatic nitrogens is 2. The summed E-state index contributed by atoms with van der Waals surface area (Å²) in [6.45, 7) is 2.25. The molecule has 0 fully saturated rings. The number of H-pyrrole nitrogens is 1. The third kappa shape index (κ3) is 3.31. The van der Waals surface area contributed by atoms with E-state index in [-0.39, 0.29) is 16.2 Å². The van der Waals surface area contributed by atoms with Crippen LogP contribution in [0.1, 0.15) is 63.8 Å². The van der Waals surface area contributed by atoms with Crippen molar-refractivity contribution < 1.29 is 4.79 Å². The minimum absolute atomic E-state index is 0.214. The molecule has 3 aromatic heterocycles. The highest BCUT2D eigenvalue weighted by Crippen LogP contribution is 2.34. The Morgan fingerprint density at radius 2 is 2.03 bits per heavy atom. The average molecular weight is 446 g/mol. The first kappa shape index (κ1) is 19.2. The first-order chi connectivity index (χ1) is 14.0. The summed E-state index contributed by atoms with van der Waals surface area (Å²) in [7, 11) is 0. The lowest BCUT2D eigenvalue weighted by Gasteiger charge is -2.19. The third-order valence-electron chi connectivity index (χ3n) is 6.12. The highest BCUT2D eigenvalue weighted by atomic mass is 32.1. The number of hydrogen-bond acceptors (Lipinski definition) is 5. The summed E-state index contributed by atoms with van der Waals surface area (Å²) in [4.78, 5) is 32.9. The van der Waals surface area contributed by atoms with Crippen molar-refractivity contribution >= 4 is 51.0 Å². The van der Waals surface area contributed by atoms with Crippen LogP contribution in [0.15, 0.2) is 10.2 Å². The Hall–Kier alpha value is -1.77. The summed E-state index contributed by atoms with van der Waals surface area (Å²) in [5.74, 6) is 0.407. The number of carbonyl (C=O) groups is 1. The Morgan fingerprint density at radius 3 is 2.90 bits per heavy atom. The number of amides is 1. The zero-order valence-corrected chi connectivity index (χ0v) is 18.7. The van der Waals surface area contributed by atoms with E-state index in [9.17, 15) is 9.59 Å². The summed E-state index contributed by atoms with van der Waals surface area (Å²) < 4.78 is 1.47. The topological polar surface area (TPSA) is 66.9 Å². The summed E-state index contributed by atoms with van der Waals surface area (Å²) >= 11 is 8.71. The Balaban J connectivity index is 1.54. The fourth-order valence-corrected chi connectivity index (χ4v) is 7.37. The molecule has 2 aliphatic carbocycles. The minimum Gasteiger partial charge on any atom is -0.322 e. The van der Waals surface area contributed by atoms with Crippen molar-refractivity contribution in [2.45, 2.75) is 58.3 Å². The zero-order chi connectivity index (χ0) is 20.1. The van der Waals surface area contributed by atoms with E-state index >= 15 is 0 Å². The van der Waals surface area contributed by atoms with E-state index in [4.69, 9.17) is 12.2 Å². The molecule has 5 nitrogen and oxygen atoms in total. The molecule has 0 aliphatic heterocycles. The molecular weight excluding hydrogens is 422 g/mol. The lowest BCUT2D eigenvalue weighted by Crippen LogP contribution is -2.34. The van der Waals surface area contributed by atoms with Gasteiger partial charge in [-0.3, -0.25) is 15.0 Å². The van der Waals surface area contributed by atoms with Gasteiger partial charge in [-0.2, -0.15) is 4.68 Å². The molecule has 0 saturated heterocycles. The molecule has 0 bridgehead atoms. The number of aromatic amines is 1. The Labute approximate surface area is 181 Å². The van der Waals surface area contributed by atoms with Crippen LogP contribution in [-0.4, -0.2) is 15.6 Å². The van der Waals surface area contributed by atoms with Crippen molar-refractivity contribution in [3.8, 4) is 0 Å².